The highest BCUT2D eigenvalue weighted by molar-refractivity contribution is 7.97. The largest absolute Gasteiger partial charge is 0.861 e. The van der Waals surface area contributed by atoms with Gasteiger partial charge in [0.25, 0.3) is 30.1 Å². The second-order valence-corrected chi connectivity index (χ2v) is 45.5. The lowest BCUT2D eigenvalue weighted by Gasteiger charge is -2.22. The van der Waals surface area contributed by atoms with E-state index in [9.17, 15) is 40.6 Å². The highest BCUT2D eigenvalue weighted by Crippen LogP contribution is 2.40. The highest BCUT2D eigenvalue weighted by atomic mass is 32.2. The Labute approximate surface area is 809 Å². The molecule has 12 aromatic carbocycles. The minimum Gasteiger partial charge on any atom is -0.861 e. The number of hydrogen-bond acceptors (Lipinski definition) is 12. The van der Waals surface area contributed by atoms with Gasteiger partial charge in [-0.3, -0.25) is 0 Å². The summed E-state index contributed by atoms with van der Waals surface area (Å²) < 4.78 is 80.5. The van der Waals surface area contributed by atoms with Crippen molar-refractivity contribution in [3.05, 3.63) is 350 Å². The lowest BCUT2D eigenvalue weighted by molar-refractivity contribution is -0.219. The van der Waals surface area contributed by atoms with E-state index >= 15 is 0 Å². The van der Waals surface area contributed by atoms with Crippen molar-refractivity contribution in [2.24, 2.45) is 13.2 Å². The second kappa shape index (κ2) is 56.8. The van der Waals surface area contributed by atoms with Gasteiger partial charge in [0.2, 0.25) is 0 Å². The fourth-order valence-electron chi connectivity index (χ4n) is 16.7. The van der Waals surface area contributed by atoms with Crippen LogP contribution in [0.1, 0.15) is 247 Å². The first-order chi connectivity index (χ1) is 65.0. The van der Waals surface area contributed by atoms with Crippen molar-refractivity contribution in [2.45, 2.75) is 290 Å². The molecule has 3 saturated carbocycles. The number of benzene rings is 12. The van der Waals surface area contributed by atoms with Crippen molar-refractivity contribution in [3.8, 4) is 0 Å². The standard InChI is InChI=1S/3C24H25S.C18H30N2O3S.C15H24N2O3S.C8H10N2O3S/c3*1-4-10-20(11-5-1)21-16-18-24(19-17-21)25(22-12-6-2-7-13-22)23-14-8-3-9-15-23;1-4-5-6-7-8-9-10-18(21)19-24(22,23)17-13-11-16(12-14-17)15-20(2)3;1-2-3-4-5-6-7-8-15(18)17-21(19,20)14-11-9-13(16)10-12-14;1-6(11)10-14(12,13)8-4-2-7(9)3-5-8/h3*2-3,6-9,12-20H,1,4-5,10-11H2;11-14H,4-10,15H2,1-3H3,(H,19,21);9-12H,2-8,16H2,1H3,(H,17,18);2-5H,9H2,1H3,(H,10,11)/q3*+1;;;/p-3. The fraction of sp³-hybridized carbons (Fsp3) is 0.336. The van der Waals surface area contributed by atoms with Crippen LogP contribution in [0.25, 0.3) is 0 Å². The van der Waals surface area contributed by atoms with Gasteiger partial charge in [0.1, 0.15) is 0 Å². The summed E-state index contributed by atoms with van der Waals surface area (Å²) in [5.41, 5.74) is 17.4. The van der Waals surface area contributed by atoms with Crippen LogP contribution in [0.2, 0.25) is 0 Å². The third kappa shape index (κ3) is 35.6. The molecule has 3 aliphatic carbocycles. The SMILES string of the molecule is CC([O-])=NS(=O)(=O)c1ccc(N)cc1.CCCCCCCCC([O-])=NS(=O)(=O)c1ccc(CN(C)C)cc1.CCCCCCCCC([O-])=NS(=O)(=O)c1ccc(N)cc1.c1ccc([S+](c2ccccc2)c2ccc(C3CCCCC3)cc2)cc1.c1ccc([S+](c2ccccc2)c2ccc(C3CCCCC3)cc2)cc1.c1ccc([S+](c2ccccc2)c2ccc(C3CCCCC3)cc2)cc1. The predicted octanol–water partition coefficient (Wildman–Crippen LogP) is 25.6. The summed E-state index contributed by atoms with van der Waals surface area (Å²) in [6.07, 6.45) is 33.7. The van der Waals surface area contributed by atoms with Gasteiger partial charge in [0.05, 0.1) is 47.4 Å². The lowest BCUT2D eigenvalue weighted by atomic mass is 9.84. The molecule has 15 rings (SSSR count). The maximum Gasteiger partial charge on any atom is 0.281 e. The molecule has 0 unspecified atom stereocenters. The molecule has 12 aromatic rings. The molecular weight excluding hydrogens is 1780 g/mol. The highest BCUT2D eigenvalue weighted by Gasteiger charge is 2.33. The van der Waals surface area contributed by atoms with Crippen LogP contribution in [-0.4, -0.2) is 61.9 Å². The molecule has 3 fully saturated rings. The molecule has 134 heavy (non-hydrogen) atoms. The topological polar surface area (TPSA) is 264 Å². The average molecular weight is 1910 g/mol. The number of unbranched alkanes of at least 4 members (excludes halogenated alkanes) is 10. The maximum absolute atomic E-state index is 12.2. The zero-order valence-electron chi connectivity index (χ0n) is 78.7. The molecule has 708 valence electrons. The lowest BCUT2D eigenvalue weighted by Crippen LogP contribution is -2.19. The Morgan fingerprint density at radius 2 is 0.522 bits per heavy atom. The number of anilines is 2. The van der Waals surface area contributed by atoms with Crippen LogP contribution < -0.4 is 26.8 Å². The van der Waals surface area contributed by atoms with E-state index in [-0.39, 0.29) is 60.2 Å². The number of nitrogens with zero attached hydrogens (tertiary/aromatic N) is 4. The van der Waals surface area contributed by atoms with E-state index in [1.54, 1.807) is 12.1 Å². The van der Waals surface area contributed by atoms with Crippen LogP contribution in [0.3, 0.4) is 0 Å². The Morgan fingerprint density at radius 1 is 0.299 bits per heavy atom. The van der Waals surface area contributed by atoms with Gasteiger partial charge < -0.3 is 31.7 Å². The normalized spacial score (nSPS) is 14.2. The molecule has 21 heteroatoms. The summed E-state index contributed by atoms with van der Waals surface area (Å²) in [6.45, 7) is 6.11. The summed E-state index contributed by atoms with van der Waals surface area (Å²) in [7, 11) is -7.85. The monoisotopic (exact) mass is 1910 g/mol. The molecule has 15 nitrogen and oxygen atoms in total. The van der Waals surface area contributed by atoms with Crippen LogP contribution in [0.5, 0.6) is 0 Å². The van der Waals surface area contributed by atoms with Crippen molar-refractivity contribution >= 4 is 91.8 Å². The van der Waals surface area contributed by atoms with E-state index < -0.39 is 47.8 Å². The van der Waals surface area contributed by atoms with Crippen molar-refractivity contribution in [1.29, 1.82) is 0 Å². The Bertz CT molecular complexity index is 5350. The van der Waals surface area contributed by atoms with Gasteiger partial charge >= 0.3 is 0 Å². The average Bonchev–Trinajstić information content (AvgIpc) is 0.814. The smallest absolute Gasteiger partial charge is 0.281 e. The number of nitrogen functional groups attached to an aromatic ring is 2. The zero-order chi connectivity index (χ0) is 95.2. The fourth-order valence-corrected chi connectivity index (χ4v) is 25.8. The van der Waals surface area contributed by atoms with Gasteiger partial charge in [-0.2, -0.15) is 38.4 Å². The summed E-state index contributed by atoms with van der Waals surface area (Å²) in [5, 5.41) is 33.9. The van der Waals surface area contributed by atoms with E-state index in [2.05, 4.69) is 282 Å². The van der Waals surface area contributed by atoms with Crippen molar-refractivity contribution in [2.75, 3.05) is 25.6 Å². The van der Waals surface area contributed by atoms with Crippen LogP contribution in [0.4, 0.5) is 11.4 Å². The molecule has 0 aliphatic heterocycles. The summed E-state index contributed by atoms with van der Waals surface area (Å²) in [4.78, 5) is 14.6. The van der Waals surface area contributed by atoms with E-state index in [0.29, 0.717) is 24.2 Å². The molecule has 0 saturated heterocycles. The van der Waals surface area contributed by atoms with Gasteiger partial charge in [0, 0.05) is 17.9 Å². The maximum atomic E-state index is 12.2. The number of rotatable bonds is 34. The Morgan fingerprint density at radius 3 is 0.761 bits per heavy atom. The molecule has 0 heterocycles. The summed E-state index contributed by atoms with van der Waals surface area (Å²) >= 11 is 0. The van der Waals surface area contributed by atoms with Crippen molar-refractivity contribution < 1.29 is 40.6 Å². The van der Waals surface area contributed by atoms with Crippen molar-refractivity contribution in [1.82, 2.24) is 4.90 Å². The number of nitrogens with two attached hydrogens (primary N) is 2. The minimum absolute atomic E-state index is 0.00649. The van der Waals surface area contributed by atoms with Crippen LogP contribution in [-0.2, 0) is 69.3 Å². The second-order valence-electron chi connectivity index (χ2n) is 34.6. The van der Waals surface area contributed by atoms with Gasteiger partial charge in [-0.05, 0) is 313 Å². The number of hydrogen-bond donors (Lipinski definition) is 2. The molecular formula is C113H136N6O9S6. The summed E-state index contributed by atoms with van der Waals surface area (Å²) in [6, 6.07) is 112. The van der Waals surface area contributed by atoms with Gasteiger partial charge in [0.15, 0.2) is 44.1 Å². The Kier molecular flexibility index (Phi) is 44.7. The van der Waals surface area contributed by atoms with Gasteiger partial charge in [-0.25, -0.2) is 0 Å². The van der Waals surface area contributed by atoms with Gasteiger partial charge in [-0.1, -0.05) is 294 Å². The Hall–Kier alpha value is -10.5. The molecule has 0 radical (unpaired) electrons. The molecule has 0 bridgehead atoms. The zero-order valence-corrected chi connectivity index (χ0v) is 83.6. The third-order valence-corrected chi connectivity index (χ3v) is 34.4. The van der Waals surface area contributed by atoms with E-state index in [4.69, 9.17) is 11.5 Å². The van der Waals surface area contributed by atoms with E-state index in [1.807, 2.05) is 19.0 Å². The molecule has 4 N–H and O–H groups in total. The molecule has 3 aliphatic rings. The quantitative estimate of drug-likeness (QED) is 0.0125. The van der Waals surface area contributed by atoms with Gasteiger partial charge in [-0.15, -0.1) is 0 Å². The first-order valence-corrected chi connectivity index (χ1v) is 55.7. The van der Waals surface area contributed by atoms with Crippen molar-refractivity contribution in [3.63, 3.8) is 0 Å². The minimum atomic E-state index is -3.91. The van der Waals surface area contributed by atoms with Crippen LogP contribution >= 0.6 is 0 Å². The van der Waals surface area contributed by atoms with Crippen LogP contribution in [0.15, 0.2) is 400 Å². The van der Waals surface area contributed by atoms with E-state index in [1.165, 1.54) is 250 Å². The molecule has 0 amide bonds. The molecule has 0 atom stereocenters. The third-order valence-electron chi connectivity index (χ3n) is 23.7. The Balaban J connectivity index is 0.000000168. The van der Waals surface area contributed by atoms with Crippen LogP contribution in [0, 0.1) is 0 Å². The summed E-state index contributed by atoms with van der Waals surface area (Å²) in [5.74, 6) is 0.445. The predicted molar refractivity (Wildman–Crippen MR) is 553 cm³/mol. The first kappa shape index (κ1) is 106. The first-order valence-electron chi connectivity index (χ1n) is 47.8. The molecule has 0 spiro atoms. The van der Waals surface area contributed by atoms with E-state index in [0.717, 1.165) is 68.9 Å². The molecule has 0 aromatic heterocycles. The number of sulfonamides is 3.